The van der Waals surface area contributed by atoms with Crippen molar-refractivity contribution < 1.29 is 14.3 Å². The highest BCUT2D eigenvalue weighted by atomic mass is 35.5. The van der Waals surface area contributed by atoms with Gasteiger partial charge in [-0.3, -0.25) is 4.79 Å². The van der Waals surface area contributed by atoms with E-state index in [1.165, 1.54) is 20.1 Å². The van der Waals surface area contributed by atoms with E-state index in [0.29, 0.717) is 17.1 Å². The van der Waals surface area contributed by atoms with Crippen LogP contribution in [0.5, 0.6) is 0 Å². The van der Waals surface area contributed by atoms with E-state index >= 15 is 0 Å². The minimum atomic E-state index is -0.391. The van der Waals surface area contributed by atoms with E-state index in [1.807, 2.05) is 41.1 Å². The van der Waals surface area contributed by atoms with Gasteiger partial charge in [0.25, 0.3) is 0 Å². The topological polar surface area (TPSA) is 48.3 Å². The van der Waals surface area contributed by atoms with Gasteiger partial charge in [-0.1, -0.05) is 35.9 Å². The number of hydrogen-bond donors (Lipinski definition) is 0. The van der Waals surface area contributed by atoms with Crippen molar-refractivity contribution in [3.8, 4) is 0 Å². The van der Waals surface area contributed by atoms with Gasteiger partial charge >= 0.3 is 5.97 Å². The van der Waals surface area contributed by atoms with Gasteiger partial charge in [-0.15, -0.1) is 0 Å². The number of nitrogens with zero attached hydrogens (tertiary/aromatic N) is 1. The van der Waals surface area contributed by atoms with E-state index in [1.54, 1.807) is 18.2 Å². The van der Waals surface area contributed by atoms with Crippen LogP contribution in [0.2, 0.25) is 5.02 Å². The summed E-state index contributed by atoms with van der Waals surface area (Å²) < 4.78 is 6.84. The molecule has 0 N–H and O–H groups in total. The normalized spacial score (nSPS) is 11.2. The van der Waals surface area contributed by atoms with Gasteiger partial charge < -0.3 is 9.30 Å². The lowest BCUT2D eigenvalue weighted by molar-refractivity contribution is -0.112. The van der Waals surface area contributed by atoms with Crippen LogP contribution in [0.4, 0.5) is 0 Å². The summed E-state index contributed by atoms with van der Waals surface area (Å²) in [6.45, 7) is 2.06. The Morgan fingerprint density at radius 1 is 1.19 bits per heavy atom. The lowest BCUT2D eigenvalue weighted by Crippen LogP contribution is -2.02. The summed E-state index contributed by atoms with van der Waals surface area (Å²) in [5, 5.41) is 1.63. The molecule has 3 aromatic rings. The minimum absolute atomic E-state index is 0.0248. The van der Waals surface area contributed by atoms with E-state index in [4.69, 9.17) is 16.3 Å². The molecular weight excluding hydrogens is 350 g/mol. The molecule has 0 aliphatic rings. The SMILES string of the molecule is COC(=O)c1ccc2c(C=CC(C)=O)cn(Cc3ccccc3Cl)c2c1. The Bertz CT molecular complexity index is 1020. The van der Waals surface area contributed by atoms with Gasteiger partial charge in [0, 0.05) is 34.2 Å². The zero-order valence-electron chi connectivity index (χ0n) is 14.5. The summed E-state index contributed by atoms with van der Waals surface area (Å²) in [6.07, 6.45) is 5.27. The van der Waals surface area contributed by atoms with E-state index in [0.717, 1.165) is 22.0 Å². The number of ether oxygens (including phenoxy) is 1. The fraction of sp³-hybridized carbons (Fsp3) is 0.143. The number of benzene rings is 2. The van der Waals surface area contributed by atoms with Crippen LogP contribution < -0.4 is 0 Å². The van der Waals surface area contributed by atoms with E-state index in [-0.39, 0.29) is 5.78 Å². The van der Waals surface area contributed by atoms with Crippen molar-refractivity contribution in [1.29, 1.82) is 0 Å². The molecule has 0 radical (unpaired) electrons. The Balaban J connectivity index is 2.14. The number of fused-ring (bicyclic) bond motifs is 1. The van der Waals surface area contributed by atoms with Crippen molar-refractivity contribution in [3.63, 3.8) is 0 Å². The van der Waals surface area contributed by atoms with Crippen LogP contribution in [0, 0.1) is 0 Å². The number of halogens is 1. The molecule has 1 heterocycles. The molecule has 4 nitrogen and oxygen atoms in total. The lowest BCUT2D eigenvalue weighted by atomic mass is 10.1. The highest BCUT2D eigenvalue weighted by Crippen LogP contribution is 2.27. The van der Waals surface area contributed by atoms with Crippen LogP contribution in [0.3, 0.4) is 0 Å². The van der Waals surface area contributed by atoms with Gasteiger partial charge in [0.2, 0.25) is 0 Å². The average molecular weight is 368 g/mol. The van der Waals surface area contributed by atoms with Gasteiger partial charge in [0.05, 0.1) is 12.7 Å². The van der Waals surface area contributed by atoms with Crippen LogP contribution in [0.1, 0.15) is 28.4 Å². The second-order valence-electron chi connectivity index (χ2n) is 5.97. The zero-order chi connectivity index (χ0) is 18.7. The van der Waals surface area contributed by atoms with Crippen LogP contribution in [-0.2, 0) is 16.1 Å². The Kier molecular flexibility index (Phi) is 5.24. The molecule has 2 aromatic carbocycles. The smallest absolute Gasteiger partial charge is 0.337 e. The number of ketones is 1. The fourth-order valence-electron chi connectivity index (χ4n) is 2.85. The third-order valence-electron chi connectivity index (χ3n) is 4.13. The Morgan fingerprint density at radius 3 is 2.65 bits per heavy atom. The second-order valence-corrected chi connectivity index (χ2v) is 6.38. The molecule has 26 heavy (non-hydrogen) atoms. The number of aromatic nitrogens is 1. The van der Waals surface area contributed by atoms with Crippen molar-refractivity contribution in [2.75, 3.05) is 7.11 Å². The van der Waals surface area contributed by atoms with Crippen molar-refractivity contribution in [2.24, 2.45) is 0 Å². The first kappa shape index (κ1) is 18.0. The molecule has 0 spiro atoms. The maximum Gasteiger partial charge on any atom is 0.337 e. The molecule has 0 atom stereocenters. The summed E-state index contributed by atoms with van der Waals surface area (Å²) in [5.41, 5.74) is 3.21. The summed E-state index contributed by atoms with van der Waals surface area (Å²) in [5.74, 6) is -0.415. The van der Waals surface area contributed by atoms with Crippen molar-refractivity contribution in [2.45, 2.75) is 13.5 Å². The van der Waals surface area contributed by atoms with Gasteiger partial charge in [-0.05, 0) is 42.8 Å². The standard InChI is InChI=1S/C21H18ClNO3/c1-14(24)7-8-16-12-23(13-17-5-3-4-6-19(17)22)20-11-15(21(25)26-2)9-10-18(16)20/h3-12H,13H2,1-2H3. The lowest BCUT2D eigenvalue weighted by Gasteiger charge is -2.08. The zero-order valence-corrected chi connectivity index (χ0v) is 15.3. The molecule has 0 amide bonds. The molecule has 0 aliphatic carbocycles. The van der Waals surface area contributed by atoms with Crippen LogP contribution in [0.15, 0.2) is 54.7 Å². The average Bonchev–Trinajstić information content (AvgIpc) is 2.98. The number of allylic oxidation sites excluding steroid dienone is 1. The number of hydrogen-bond acceptors (Lipinski definition) is 3. The van der Waals surface area contributed by atoms with Crippen molar-refractivity contribution in [1.82, 2.24) is 4.57 Å². The summed E-state index contributed by atoms with van der Waals surface area (Å²) >= 11 is 6.29. The van der Waals surface area contributed by atoms with Crippen LogP contribution in [-0.4, -0.2) is 23.4 Å². The minimum Gasteiger partial charge on any atom is -0.465 e. The predicted molar refractivity (Wildman–Crippen MR) is 104 cm³/mol. The van der Waals surface area contributed by atoms with E-state index < -0.39 is 5.97 Å². The molecular formula is C21H18ClNO3. The van der Waals surface area contributed by atoms with Gasteiger partial charge in [-0.2, -0.15) is 0 Å². The van der Waals surface area contributed by atoms with E-state index in [9.17, 15) is 9.59 Å². The van der Waals surface area contributed by atoms with Crippen molar-refractivity contribution >= 4 is 40.3 Å². The second kappa shape index (κ2) is 7.58. The predicted octanol–water partition coefficient (Wildman–Crippen LogP) is 4.73. The first-order valence-electron chi connectivity index (χ1n) is 8.13. The number of rotatable bonds is 5. The van der Waals surface area contributed by atoms with Crippen LogP contribution in [0.25, 0.3) is 17.0 Å². The molecule has 0 unspecified atom stereocenters. The first-order valence-corrected chi connectivity index (χ1v) is 8.50. The maximum atomic E-state index is 11.9. The molecule has 132 valence electrons. The Hall–Kier alpha value is -2.85. The monoisotopic (exact) mass is 367 g/mol. The number of methoxy groups -OCH3 is 1. The summed E-state index contributed by atoms with van der Waals surface area (Å²) in [6, 6.07) is 13.0. The first-order chi connectivity index (χ1) is 12.5. The number of carbonyl (C=O) groups excluding carboxylic acids is 2. The maximum absolute atomic E-state index is 11.9. The quantitative estimate of drug-likeness (QED) is 0.483. The van der Waals surface area contributed by atoms with Gasteiger partial charge in [-0.25, -0.2) is 4.79 Å². The molecule has 0 saturated heterocycles. The van der Waals surface area contributed by atoms with Crippen LogP contribution >= 0.6 is 11.6 Å². The van der Waals surface area contributed by atoms with Crippen molar-refractivity contribution in [3.05, 3.63) is 76.5 Å². The Morgan fingerprint density at radius 2 is 1.96 bits per heavy atom. The Labute approximate surface area is 156 Å². The third-order valence-corrected chi connectivity index (χ3v) is 4.50. The highest BCUT2D eigenvalue weighted by molar-refractivity contribution is 6.31. The summed E-state index contributed by atoms with van der Waals surface area (Å²) in [7, 11) is 1.36. The summed E-state index contributed by atoms with van der Waals surface area (Å²) in [4.78, 5) is 23.2. The highest BCUT2D eigenvalue weighted by Gasteiger charge is 2.13. The largest absolute Gasteiger partial charge is 0.465 e. The number of esters is 1. The fourth-order valence-corrected chi connectivity index (χ4v) is 3.04. The molecule has 0 saturated carbocycles. The van der Waals surface area contributed by atoms with E-state index in [2.05, 4.69) is 0 Å². The molecule has 3 rings (SSSR count). The molecule has 0 bridgehead atoms. The molecule has 0 aliphatic heterocycles. The number of carbonyl (C=O) groups is 2. The van der Waals surface area contributed by atoms with Gasteiger partial charge in [0.1, 0.15) is 0 Å². The third kappa shape index (κ3) is 3.70. The van der Waals surface area contributed by atoms with Gasteiger partial charge in [0.15, 0.2) is 5.78 Å². The molecule has 1 aromatic heterocycles. The molecule has 0 fully saturated rings. The molecule has 5 heteroatoms.